The Morgan fingerprint density at radius 2 is 1.71 bits per heavy atom. The molecule has 2 unspecified atom stereocenters. The minimum absolute atomic E-state index is 0.537. The first-order chi connectivity index (χ1) is 8.10. The first-order valence-electron chi connectivity index (χ1n) is 7.41. The van der Waals surface area contributed by atoms with Crippen molar-refractivity contribution >= 4 is 0 Å². The molecule has 1 N–H and O–H groups in total. The minimum Gasteiger partial charge on any atom is -0.380 e. The highest BCUT2D eigenvalue weighted by molar-refractivity contribution is 4.70. The van der Waals surface area contributed by atoms with Crippen LogP contribution < -0.4 is 5.32 Å². The molecule has 0 spiro atoms. The van der Waals surface area contributed by atoms with Gasteiger partial charge in [-0.1, -0.05) is 34.6 Å². The van der Waals surface area contributed by atoms with Crippen LogP contribution in [0.2, 0.25) is 0 Å². The van der Waals surface area contributed by atoms with Gasteiger partial charge in [0.1, 0.15) is 0 Å². The van der Waals surface area contributed by atoms with Crippen molar-refractivity contribution in [1.82, 2.24) is 5.32 Å². The Morgan fingerprint density at radius 3 is 2.24 bits per heavy atom. The largest absolute Gasteiger partial charge is 0.380 e. The highest BCUT2D eigenvalue weighted by atomic mass is 16.5. The molecule has 2 heteroatoms. The molecule has 17 heavy (non-hydrogen) atoms. The Kier molecular flexibility index (Phi) is 11.0. The molecular weight excluding hydrogens is 210 g/mol. The lowest BCUT2D eigenvalue weighted by molar-refractivity contribution is 0.103. The fourth-order valence-electron chi connectivity index (χ4n) is 2.32. The molecule has 0 aliphatic carbocycles. The number of rotatable bonds is 11. The maximum atomic E-state index is 5.69. The summed E-state index contributed by atoms with van der Waals surface area (Å²) in [6.45, 7) is 14.2. The minimum atomic E-state index is 0.537. The lowest BCUT2D eigenvalue weighted by Crippen LogP contribution is -2.35. The van der Waals surface area contributed by atoms with Crippen LogP contribution in [0.4, 0.5) is 0 Å². The van der Waals surface area contributed by atoms with Gasteiger partial charge in [-0.15, -0.1) is 0 Å². The second kappa shape index (κ2) is 11.0. The van der Waals surface area contributed by atoms with E-state index in [1.807, 2.05) is 0 Å². The number of nitrogens with one attached hydrogen (secondary N) is 1. The number of hydrogen-bond donors (Lipinski definition) is 1. The molecule has 0 heterocycles. The van der Waals surface area contributed by atoms with Gasteiger partial charge >= 0.3 is 0 Å². The van der Waals surface area contributed by atoms with Gasteiger partial charge in [0.15, 0.2) is 0 Å². The van der Waals surface area contributed by atoms with Gasteiger partial charge < -0.3 is 10.1 Å². The zero-order chi connectivity index (χ0) is 13.1. The summed E-state index contributed by atoms with van der Waals surface area (Å²) in [4.78, 5) is 0. The second-order valence-electron chi connectivity index (χ2n) is 5.70. The van der Waals surface area contributed by atoms with Crippen LogP contribution in [-0.2, 0) is 4.74 Å². The summed E-state index contributed by atoms with van der Waals surface area (Å²) >= 11 is 0. The summed E-state index contributed by atoms with van der Waals surface area (Å²) in [6, 6.07) is 0.537. The second-order valence-corrected chi connectivity index (χ2v) is 5.70. The Balaban J connectivity index is 3.89. The SMILES string of the molecule is CCCNC(COCCC)CC(C)CC(C)C. The lowest BCUT2D eigenvalue weighted by atomic mass is 9.93. The third-order valence-electron chi connectivity index (χ3n) is 2.91. The van der Waals surface area contributed by atoms with Crippen LogP contribution in [-0.4, -0.2) is 25.8 Å². The lowest BCUT2D eigenvalue weighted by Gasteiger charge is -2.23. The van der Waals surface area contributed by atoms with Gasteiger partial charge in [-0.25, -0.2) is 0 Å². The normalized spacial score (nSPS) is 15.2. The fraction of sp³-hybridized carbons (Fsp3) is 1.00. The van der Waals surface area contributed by atoms with Crippen molar-refractivity contribution in [1.29, 1.82) is 0 Å². The topological polar surface area (TPSA) is 21.3 Å². The Labute approximate surface area is 109 Å². The van der Waals surface area contributed by atoms with Crippen molar-refractivity contribution < 1.29 is 4.74 Å². The Hall–Kier alpha value is -0.0800. The van der Waals surface area contributed by atoms with Crippen molar-refractivity contribution in [2.24, 2.45) is 11.8 Å². The molecule has 0 aromatic rings. The van der Waals surface area contributed by atoms with Crippen LogP contribution in [0.5, 0.6) is 0 Å². The van der Waals surface area contributed by atoms with E-state index in [4.69, 9.17) is 4.74 Å². The van der Waals surface area contributed by atoms with Crippen LogP contribution in [0.3, 0.4) is 0 Å². The van der Waals surface area contributed by atoms with Crippen LogP contribution in [0.15, 0.2) is 0 Å². The maximum absolute atomic E-state index is 5.69. The van der Waals surface area contributed by atoms with E-state index in [-0.39, 0.29) is 0 Å². The standard InChI is InChI=1S/C15H33NO/c1-6-8-16-15(12-17-9-7-2)11-14(5)10-13(3)4/h13-16H,6-12H2,1-5H3. The summed E-state index contributed by atoms with van der Waals surface area (Å²) in [7, 11) is 0. The fourth-order valence-corrected chi connectivity index (χ4v) is 2.32. The van der Waals surface area contributed by atoms with Crippen molar-refractivity contribution in [3.63, 3.8) is 0 Å². The molecule has 0 saturated heterocycles. The van der Waals surface area contributed by atoms with Crippen LogP contribution in [0.1, 0.15) is 60.3 Å². The average Bonchev–Trinajstić information content (AvgIpc) is 2.24. The molecule has 2 atom stereocenters. The highest BCUT2D eigenvalue weighted by Gasteiger charge is 2.13. The Morgan fingerprint density at radius 1 is 1.00 bits per heavy atom. The van der Waals surface area contributed by atoms with Crippen molar-refractivity contribution in [3.05, 3.63) is 0 Å². The van der Waals surface area contributed by atoms with E-state index < -0.39 is 0 Å². The number of ether oxygens (including phenoxy) is 1. The van der Waals surface area contributed by atoms with Crippen molar-refractivity contribution in [3.8, 4) is 0 Å². The van der Waals surface area contributed by atoms with Crippen LogP contribution >= 0.6 is 0 Å². The van der Waals surface area contributed by atoms with Crippen molar-refractivity contribution in [2.75, 3.05) is 19.8 Å². The molecule has 0 aliphatic rings. The van der Waals surface area contributed by atoms with Crippen LogP contribution in [0.25, 0.3) is 0 Å². The number of hydrogen-bond acceptors (Lipinski definition) is 2. The van der Waals surface area contributed by atoms with Gasteiger partial charge in [0.05, 0.1) is 6.61 Å². The first-order valence-corrected chi connectivity index (χ1v) is 7.41. The van der Waals surface area contributed by atoms with Gasteiger partial charge in [0.25, 0.3) is 0 Å². The zero-order valence-electron chi connectivity index (χ0n) is 12.6. The van der Waals surface area contributed by atoms with E-state index in [9.17, 15) is 0 Å². The maximum Gasteiger partial charge on any atom is 0.0619 e. The summed E-state index contributed by atoms with van der Waals surface area (Å²) in [6.07, 6.45) is 4.87. The van der Waals surface area contributed by atoms with E-state index in [1.165, 1.54) is 19.3 Å². The molecule has 0 bridgehead atoms. The van der Waals surface area contributed by atoms with E-state index >= 15 is 0 Å². The molecule has 0 aromatic carbocycles. The summed E-state index contributed by atoms with van der Waals surface area (Å²) in [5.41, 5.74) is 0. The van der Waals surface area contributed by atoms with Gasteiger partial charge in [0, 0.05) is 12.6 Å². The molecule has 0 fully saturated rings. The van der Waals surface area contributed by atoms with E-state index in [0.717, 1.165) is 38.0 Å². The monoisotopic (exact) mass is 243 g/mol. The molecule has 104 valence electrons. The molecule has 0 aliphatic heterocycles. The van der Waals surface area contributed by atoms with E-state index in [2.05, 4.69) is 39.9 Å². The van der Waals surface area contributed by atoms with Gasteiger partial charge in [-0.05, 0) is 44.1 Å². The predicted molar refractivity (Wildman–Crippen MR) is 76.4 cm³/mol. The molecular formula is C15H33NO. The van der Waals surface area contributed by atoms with Gasteiger partial charge in [-0.3, -0.25) is 0 Å². The van der Waals surface area contributed by atoms with Crippen molar-refractivity contribution in [2.45, 2.75) is 66.3 Å². The predicted octanol–water partition coefficient (Wildman–Crippen LogP) is 3.85. The summed E-state index contributed by atoms with van der Waals surface area (Å²) in [5.74, 6) is 1.59. The molecule has 0 saturated carbocycles. The highest BCUT2D eigenvalue weighted by Crippen LogP contribution is 2.16. The third-order valence-corrected chi connectivity index (χ3v) is 2.91. The van der Waals surface area contributed by atoms with Crippen LogP contribution in [0, 0.1) is 11.8 Å². The molecule has 0 radical (unpaired) electrons. The molecule has 0 rings (SSSR count). The quantitative estimate of drug-likeness (QED) is 0.556. The smallest absolute Gasteiger partial charge is 0.0619 e. The Bertz CT molecular complexity index is 159. The van der Waals surface area contributed by atoms with Gasteiger partial charge in [-0.2, -0.15) is 0 Å². The van der Waals surface area contributed by atoms with E-state index in [0.29, 0.717) is 6.04 Å². The zero-order valence-corrected chi connectivity index (χ0v) is 12.6. The first kappa shape index (κ1) is 16.9. The third kappa shape index (κ3) is 10.8. The molecule has 2 nitrogen and oxygen atoms in total. The summed E-state index contributed by atoms with van der Waals surface area (Å²) < 4.78 is 5.69. The van der Waals surface area contributed by atoms with E-state index in [1.54, 1.807) is 0 Å². The average molecular weight is 243 g/mol. The van der Waals surface area contributed by atoms with Gasteiger partial charge in [0.2, 0.25) is 0 Å². The molecule has 0 aromatic heterocycles. The summed E-state index contributed by atoms with van der Waals surface area (Å²) in [5, 5.41) is 3.61. The molecule has 0 amide bonds.